The summed E-state index contributed by atoms with van der Waals surface area (Å²) in [4.78, 5) is 11.6. The number of carbonyl (C=O) groups is 1. The first kappa shape index (κ1) is 11.9. The maximum atomic E-state index is 11.6. The molecule has 0 spiro atoms. The van der Waals surface area contributed by atoms with Gasteiger partial charge in [0, 0.05) is 5.41 Å². The summed E-state index contributed by atoms with van der Waals surface area (Å²) in [6.07, 6.45) is 1.72. The van der Waals surface area contributed by atoms with Crippen molar-refractivity contribution in [3.05, 3.63) is 11.6 Å². The molecule has 0 aliphatic heterocycles. The second-order valence-electron chi connectivity index (χ2n) is 4.52. The molecule has 0 unspecified atom stereocenters. The quantitative estimate of drug-likeness (QED) is 0.483. The third-order valence-electron chi connectivity index (χ3n) is 1.55. The highest BCUT2D eigenvalue weighted by molar-refractivity contribution is 6.02. The number of hydrogen-bond donors (Lipinski definition) is 0. The Labute approximate surface area is 80.3 Å². The number of allylic oxidation sites excluding steroid dienone is 2. The van der Waals surface area contributed by atoms with Gasteiger partial charge in [-0.05, 0) is 5.92 Å². The molecule has 0 atom stereocenters. The summed E-state index contributed by atoms with van der Waals surface area (Å²) < 4.78 is 0. The summed E-state index contributed by atoms with van der Waals surface area (Å²) in [6.45, 7) is 9.36. The van der Waals surface area contributed by atoms with Crippen LogP contribution in [0.4, 0.5) is 0 Å². The first-order valence-corrected chi connectivity index (χ1v) is 4.45. The van der Waals surface area contributed by atoms with Crippen LogP contribution in [0.5, 0.6) is 0 Å². The van der Waals surface area contributed by atoms with Gasteiger partial charge in [0.15, 0.2) is 5.78 Å². The van der Waals surface area contributed by atoms with Crippen molar-refractivity contribution in [2.75, 3.05) is 0 Å². The van der Waals surface area contributed by atoms with E-state index in [4.69, 9.17) is 5.26 Å². The van der Waals surface area contributed by atoms with Gasteiger partial charge in [0.05, 0.1) is 5.57 Å². The normalized spacial score (nSPS) is 12.8. The van der Waals surface area contributed by atoms with Crippen molar-refractivity contribution in [2.45, 2.75) is 34.6 Å². The van der Waals surface area contributed by atoms with Gasteiger partial charge in [-0.15, -0.1) is 0 Å². The van der Waals surface area contributed by atoms with Crippen LogP contribution in [0.25, 0.3) is 0 Å². The zero-order chi connectivity index (χ0) is 10.6. The molecule has 0 aromatic carbocycles. The molecule has 13 heavy (non-hydrogen) atoms. The summed E-state index contributed by atoms with van der Waals surface area (Å²) in [7, 11) is 0. The highest BCUT2D eigenvalue weighted by atomic mass is 16.1. The average Bonchev–Trinajstić information content (AvgIpc) is 1.96. The molecule has 0 rings (SSSR count). The fourth-order valence-electron chi connectivity index (χ4n) is 0.901. The lowest BCUT2D eigenvalue weighted by Crippen LogP contribution is -2.21. The van der Waals surface area contributed by atoms with Crippen LogP contribution in [0, 0.1) is 22.7 Å². The molecule has 0 fully saturated rings. The van der Waals surface area contributed by atoms with E-state index in [0.29, 0.717) is 0 Å². The Bertz CT molecular complexity index is 261. The van der Waals surface area contributed by atoms with Crippen LogP contribution < -0.4 is 0 Å². The Morgan fingerprint density at radius 2 is 1.85 bits per heavy atom. The first-order chi connectivity index (χ1) is 5.79. The van der Waals surface area contributed by atoms with Crippen molar-refractivity contribution in [3.8, 4) is 6.07 Å². The van der Waals surface area contributed by atoms with Crippen molar-refractivity contribution in [1.82, 2.24) is 0 Å². The van der Waals surface area contributed by atoms with Gasteiger partial charge in [-0.25, -0.2) is 0 Å². The minimum absolute atomic E-state index is 0.0799. The van der Waals surface area contributed by atoms with E-state index >= 15 is 0 Å². The van der Waals surface area contributed by atoms with Crippen LogP contribution >= 0.6 is 0 Å². The molecule has 0 aliphatic carbocycles. The van der Waals surface area contributed by atoms with Gasteiger partial charge < -0.3 is 0 Å². The van der Waals surface area contributed by atoms with Crippen LogP contribution in [-0.2, 0) is 4.79 Å². The smallest absolute Gasteiger partial charge is 0.178 e. The summed E-state index contributed by atoms with van der Waals surface area (Å²) in [5, 5.41) is 8.77. The standard InChI is InChI=1S/C11H17NO/c1-8(2)6-9(7-12)10(13)11(3,4)5/h6,8H,1-5H3/b9-6+. The predicted octanol–water partition coefficient (Wildman–Crippen LogP) is 2.71. The molecule has 0 aromatic heterocycles. The molecule has 0 saturated carbocycles. The van der Waals surface area contributed by atoms with Gasteiger partial charge in [0.1, 0.15) is 6.07 Å². The van der Waals surface area contributed by atoms with Crippen LogP contribution in [0.3, 0.4) is 0 Å². The Balaban J connectivity index is 4.85. The van der Waals surface area contributed by atoms with E-state index in [-0.39, 0.29) is 17.3 Å². The minimum Gasteiger partial charge on any atom is -0.293 e. The van der Waals surface area contributed by atoms with E-state index < -0.39 is 5.41 Å². The molecule has 0 bridgehead atoms. The second kappa shape index (κ2) is 4.23. The molecule has 2 nitrogen and oxygen atoms in total. The van der Waals surface area contributed by atoms with Gasteiger partial charge >= 0.3 is 0 Å². The van der Waals surface area contributed by atoms with Gasteiger partial charge in [0.2, 0.25) is 0 Å². The van der Waals surface area contributed by atoms with Gasteiger partial charge in [-0.1, -0.05) is 40.7 Å². The molecular weight excluding hydrogens is 162 g/mol. The zero-order valence-corrected chi connectivity index (χ0v) is 9.01. The van der Waals surface area contributed by atoms with Gasteiger partial charge in [-0.3, -0.25) is 4.79 Å². The fraction of sp³-hybridized carbons (Fsp3) is 0.636. The molecule has 0 heterocycles. The molecule has 0 saturated heterocycles. The Hall–Kier alpha value is -1.10. The second-order valence-corrected chi connectivity index (χ2v) is 4.52. The Morgan fingerprint density at radius 3 is 2.08 bits per heavy atom. The van der Waals surface area contributed by atoms with Gasteiger partial charge in [0.25, 0.3) is 0 Å². The minimum atomic E-state index is -0.462. The van der Waals surface area contributed by atoms with Crippen LogP contribution in [-0.4, -0.2) is 5.78 Å². The van der Waals surface area contributed by atoms with Crippen molar-refractivity contribution >= 4 is 5.78 Å². The van der Waals surface area contributed by atoms with Crippen LogP contribution in [0.15, 0.2) is 11.6 Å². The number of rotatable bonds is 2. The summed E-state index contributed by atoms with van der Waals surface area (Å²) >= 11 is 0. The first-order valence-electron chi connectivity index (χ1n) is 4.45. The maximum Gasteiger partial charge on any atom is 0.178 e. The van der Waals surface area contributed by atoms with Crippen molar-refractivity contribution in [3.63, 3.8) is 0 Å². The molecule has 0 aromatic rings. The van der Waals surface area contributed by atoms with E-state index in [2.05, 4.69) is 0 Å². The Kier molecular flexibility index (Phi) is 3.87. The lowest BCUT2D eigenvalue weighted by molar-refractivity contribution is -0.122. The van der Waals surface area contributed by atoms with E-state index in [0.717, 1.165) is 0 Å². The van der Waals surface area contributed by atoms with Crippen molar-refractivity contribution in [2.24, 2.45) is 11.3 Å². The SMILES string of the molecule is CC(C)/C=C(\C#N)C(=O)C(C)(C)C. The molecule has 0 N–H and O–H groups in total. The number of hydrogen-bond acceptors (Lipinski definition) is 2. The monoisotopic (exact) mass is 179 g/mol. The van der Waals surface area contributed by atoms with E-state index in [1.807, 2.05) is 40.7 Å². The van der Waals surface area contributed by atoms with E-state index in [1.165, 1.54) is 0 Å². The number of carbonyl (C=O) groups excluding carboxylic acids is 1. The van der Waals surface area contributed by atoms with E-state index in [1.54, 1.807) is 6.08 Å². The van der Waals surface area contributed by atoms with E-state index in [9.17, 15) is 4.79 Å². The number of Topliss-reactive ketones (excluding diaryl/α,β-unsaturated/α-hetero) is 1. The maximum absolute atomic E-state index is 11.6. The highest BCUT2D eigenvalue weighted by Crippen LogP contribution is 2.20. The molecule has 0 radical (unpaired) electrons. The number of nitrogens with zero attached hydrogens (tertiary/aromatic N) is 1. The lowest BCUT2D eigenvalue weighted by atomic mass is 9.86. The van der Waals surface area contributed by atoms with Gasteiger partial charge in [-0.2, -0.15) is 5.26 Å². The van der Waals surface area contributed by atoms with Crippen LogP contribution in [0.2, 0.25) is 0 Å². The lowest BCUT2D eigenvalue weighted by Gasteiger charge is -2.15. The topological polar surface area (TPSA) is 40.9 Å². The largest absolute Gasteiger partial charge is 0.293 e. The summed E-state index contributed by atoms with van der Waals surface area (Å²) in [5.41, 5.74) is -0.182. The highest BCUT2D eigenvalue weighted by Gasteiger charge is 2.24. The molecule has 0 aliphatic rings. The molecule has 72 valence electrons. The summed E-state index contributed by atoms with van der Waals surface area (Å²) in [5.74, 6) is 0.157. The third-order valence-corrected chi connectivity index (χ3v) is 1.55. The van der Waals surface area contributed by atoms with Crippen LogP contribution in [0.1, 0.15) is 34.6 Å². The zero-order valence-electron chi connectivity index (χ0n) is 9.01. The number of ketones is 1. The van der Waals surface area contributed by atoms with Crippen molar-refractivity contribution in [1.29, 1.82) is 5.26 Å². The summed E-state index contributed by atoms with van der Waals surface area (Å²) in [6, 6.07) is 1.95. The third kappa shape index (κ3) is 3.89. The predicted molar refractivity (Wildman–Crippen MR) is 53.0 cm³/mol. The fourth-order valence-corrected chi connectivity index (χ4v) is 0.901. The molecular formula is C11H17NO. The Morgan fingerprint density at radius 1 is 1.38 bits per heavy atom. The molecule has 0 amide bonds. The average molecular weight is 179 g/mol. The number of nitriles is 1. The molecule has 2 heteroatoms. The van der Waals surface area contributed by atoms with Crippen molar-refractivity contribution < 1.29 is 4.79 Å².